The third kappa shape index (κ3) is 3.92. The summed E-state index contributed by atoms with van der Waals surface area (Å²) in [6.07, 6.45) is 1.98. The lowest BCUT2D eigenvalue weighted by molar-refractivity contribution is 0.0291. The number of nitrogens with zero attached hydrogens (tertiary/aromatic N) is 4. The van der Waals surface area contributed by atoms with Gasteiger partial charge in [0.1, 0.15) is 0 Å². The summed E-state index contributed by atoms with van der Waals surface area (Å²) in [4.78, 5) is 15.0. The van der Waals surface area contributed by atoms with Gasteiger partial charge in [0.2, 0.25) is 11.9 Å². The van der Waals surface area contributed by atoms with Crippen molar-refractivity contribution in [3.63, 3.8) is 0 Å². The maximum absolute atomic E-state index is 5.70. The normalized spacial score (nSPS) is 22.2. The molecule has 1 fully saturated rings. The van der Waals surface area contributed by atoms with Gasteiger partial charge in [-0.1, -0.05) is 13.8 Å². The minimum Gasteiger partial charge on any atom is -0.463 e. The van der Waals surface area contributed by atoms with E-state index in [1.165, 1.54) is 0 Å². The summed E-state index contributed by atoms with van der Waals surface area (Å²) in [5.74, 6) is 6.32. The van der Waals surface area contributed by atoms with E-state index in [0.29, 0.717) is 31.1 Å². The minimum atomic E-state index is 0.138. The lowest BCUT2D eigenvalue weighted by atomic mass is 10.1. The van der Waals surface area contributed by atoms with Crippen molar-refractivity contribution in [2.45, 2.75) is 45.8 Å². The van der Waals surface area contributed by atoms with Gasteiger partial charge >= 0.3 is 6.01 Å². The summed E-state index contributed by atoms with van der Waals surface area (Å²) in [6, 6.07) is 0.539. The van der Waals surface area contributed by atoms with Crippen molar-refractivity contribution in [1.29, 1.82) is 0 Å². The Morgan fingerprint density at radius 3 is 2.86 bits per heavy atom. The Kier molecular flexibility index (Phi) is 5.51. The molecule has 0 saturated carbocycles. The molecule has 0 spiro atoms. The van der Waals surface area contributed by atoms with Crippen molar-refractivity contribution in [1.82, 2.24) is 15.0 Å². The van der Waals surface area contributed by atoms with Crippen LogP contribution in [0.5, 0.6) is 6.01 Å². The molecule has 2 heterocycles. The van der Waals surface area contributed by atoms with Crippen molar-refractivity contribution in [2.24, 2.45) is 5.84 Å². The Bertz CT molecular complexity index is 458. The van der Waals surface area contributed by atoms with Gasteiger partial charge in [-0.2, -0.15) is 15.0 Å². The van der Waals surface area contributed by atoms with Crippen LogP contribution >= 0.6 is 0 Å². The number of hydrogen-bond acceptors (Lipinski definition) is 8. The third-order valence-electron chi connectivity index (χ3n) is 3.36. The highest BCUT2D eigenvalue weighted by Crippen LogP contribution is 2.22. The van der Waals surface area contributed by atoms with Crippen LogP contribution in [-0.4, -0.2) is 46.9 Å². The molecule has 1 aromatic heterocycles. The first-order valence-corrected chi connectivity index (χ1v) is 7.41. The fourth-order valence-electron chi connectivity index (χ4n) is 2.22. The van der Waals surface area contributed by atoms with Gasteiger partial charge in [0.05, 0.1) is 25.4 Å². The maximum atomic E-state index is 5.70. The monoisotopic (exact) mass is 296 g/mol. The summed E-state index contributed by atoms with van der Waals surface area (Å²) in [5, 5.41) is 0. The Labute approximate surface area is 125 Å². The van der Waals surface area contributed by atoms with Gasteiger partial charge in [-0.3, -0.25) is 5.43 Å². The second-order valence-electron chi connectivity index (χ2n) is 5.09. The third-order valence-corrected chi connectivity index (χ3v) is 3.36. The molecule has 0 aromatic carbocycles. The van der Waals surface area contributed by atoms with Crippen LogP contribution < -0.4 is 20.9 Å². The van der Waals surface area contributed by atoms with Crippen molar-refractivity contribution in [2.75, 3.05) is 30.1 Å². The number of nitrogens with one attached hydrogen (secondary N) is 1. The Morgan fingerprint density at radius 2 is 2.19 bits per heavy atom. The summed E-state index contributed by atoms with van der Waals surface area (Å²) in [5.41, 5.74) is 2.47. The molecular formula is C13H24N6O2. The second-order valence-corrected chi connectivity index (χ2v) is 5.09. The van der Waals surface area contributed by atoms with E-state index in [0.717, 1.165) is 19.4 Å². The highest BCUT2D eigenvalue weighted by Gasteiger charge is 2.28. The highest BCUT2D eigenvalue weighted by molar-refractivity contribution is 5.39. The van der Waals surface area contributed by atoms with Crippen LogP contribution in [0.4, 0.5) is 11.9 Å². The molecule has 1 aliphatic heterocycles. The topological polar surface area (TPSA) is 98.4 Å². The largest absolute Gasteiger partial charge is 0.463 e. The molecule has 1 saturated heterocycles. The fourth-order valence-corrected chi connectivity index (χ4v) is 2.22. The standard InChI is InChI=1S/C13H24N6O2/c1-4-6-20-13-16-11(18-14)15-12(17-13)19-7-9(3)21-8-10(19)5-2/h9-10H,4-8,14H2,1-3H3,(H,15,16,17,18). The molecule has 0 radical (unpaired) electrons. The van der Waals surface area contributed by atoms with Crippen LogP contribution in [0.25, 0.3) is 0 Å². The van der Waals surface area contributed by atoms with Gasteiger partial charge in [-0.15, -0.1) is 0 Å². The summed E-state index contributed by atoms with van der Waals surface area (Å²) in [7, 11) is 0. The average Bonchev–Trinajstić information content (AvgIpc) is 2.52. The number of anilines is 2. The first-order valence-electron chi connectivity index (χ1n) is 7.41. The summed E-state index contributed by atoms with van der Waals surface area (Å²) < 4.78 is 11.2. The van der Waals surface area contributed by atoms with Gasteiger partial charge in [0.25, 0.3) is 0 Å². The van der Waals surface area contributed by atoms with Crippen LogP contribution in [0.2, 0.25) is 0 Å². The second kappa shape index (κ2) is 7.37. The molecule has 8 heteroatoms. The number of nitrogens with two attached hydrogens (primary N) is 1. The van der Waals surface area contributed by atoms with Crippen molar-refractivity contribution in [3.05, 3.63) is 0 Å². The van der Waals surface area contributed by atoms with Gasteiger partial charge in [-0.25, -0.2) is 5.84 Å². The van der Waals surface area contributed by atoms with Crippen molar-refractivity contribution >= 4 is 11.9 Å². The zero-order valence-electron chi connectivity index (χ0n) is 12.9. The molecule has 2 atom stereocenters. The highest BCUT2D eigenvalue weighted by atomic mass is 16.5. The van der Waals surface area contributed by atoms with Crippen LogP contribution in [0.3, 0.4) is 0 Å². The molecule has 2 rings (SSSR count). The SMILES string of the molecule is CCCOc1nc(NN)nc(N2CC(C)OCC2CC)n1. The van der Waals surface area contributed by atoms with Crippen LogP contribution in [-0.2, 0) is 4.74 Å². The molecule has 21 heavy (non-hydrogen) atoms. The first kappa shape index (κ1) is 15.7. The van der Waals surface area contributed by atoms with Gasteiger partial charge < -0.3 is 14.4 Å². The molecule has 8 nitrogen and oxygen atoms in total. The first-order chi connectivity index (χ1) is 10.2. The van der Waals surface area contributed by atoms with E-state index in [9.17, 15) is 0 Å². The molecule has 118 valence electrons. The summed E-state index contributed by atoms with van der Waals surface area (Å²) in [6.45, 7) is 8.15. The van der Waals surface area contributed by atoms with E-state index in [-0.39, 0.29) is 12.1 Å². The molecule has 1 aromatic rings. The summed E-state index contributed by atoms with van der Waals surface area (Å²) >= 11 is 0. The quantitative estimate of drug-likeness (QED) is 0.591. The predicted molar refractivity (Wildman–Crippen MR) is 80.3 cm³/mol. The smallest absolute Gasteiger partial charge is 0.323 e. The number of rotatable bonds is 6. The number of morpholine rings is 1. The Morgan fingerprint density at radius 1 is 1.38 bits per heavy atom. The molecule has 2 unspecified atom stereocenters. The van der Waals surface area contributed by atoms with Crippen molar-refractivity contribution < 1.29 is 9.47 Å². The number of ether oxygens (including phenoxy) is 2. The number of hydrogen-bond donors (Lipinski definition) is 2. The van der Waals surface area contributed by atoms with E-state index in [2.05, 4.69) is 32.2 Å². The molecular weight excluding hydrogens is 272 g/mol. The average molecular weight is 296 g/mol. The van der Waals surface area contributed by atoms with Gasteiger partial charge in [0, 0.05) is 6.54 Å². The molecule has 3 N–H and O–H groups in total. The lowest BCUT2D eigenvalue weighted by Crippen LogP contribution is -2.49. The van der Waals surface area contributed by atoms with E-state index < -0.39 is 0 Å². The number of aromatic nitrogens is 3. The fraction of sp³-hybridized carbons (Fsp3) is 0.769. The molecule has 0 aliphatic carbocycles. The Hall–Kier alpha value is -1.67. The maximum Gasteiger partial charge on any atom is 0.323 e. The molecule has 0 amide bonds. The molecule has 1 aliphatic rings. The minimum absolute atomic E-state index is 0.138. The number of hydrazine groups is 1. The van der Waals surface area contributed by atoms with E-state index in [4.69, 9.17) is 15.3 Å². The van der Waals surface area contributed by atoms with Crippen molar-refractivity contribution in [3.8, 4) is 6.01 Å². The zero-order chi connectivity index (χ0) is 15.2. The lowest BCUT2D eigenvalue weighted by Gasteiger charge is -2.38. The van der Waals surface area contributed by atoms with Gasteiger partial charge in [-0.05, 0) is 19.8 Å². The van der Waals surface area contributed by atoms with Crippen LogP contribution in [0.1, 0.15) is 33.6 Å². The van der Waals surface area contributed by atoms with E-state index in [1.807, 2.05) is 13.8 Å². The van der Waals surface area contributed by atoms with Crippen LogP contribution in [0, 0.1) is 0 Å². The van der Waals surface area contributed by atoms with Crippen LogP contribution in [0.15, 0.2) is 0 Å². The van der Waals surface area contributed by atoms with E-state index >= 15 is 0 Å². The predicted octanol–water partition coefficient (Wildman–Crippen LogP) is 0.950. The number of nitrogen functional groups attached to an aromatic ring is 1. The molecule has 0 bridgehead atoms. The van der Waals surface area contributed by atoms with Gasteiger partial charge in [0.15, 0.2) is 0 Å². The zero-order valence-corrected chi connectivity index (χ0v) is 12.9. The Balaban J connectivity index is 2.26. The van der Waals surface area contributed by atoms with E-state index in [1.54, 1.807) is 0 Å².